The summed E-state index contributed by atoms with van der Waals surface area (Å²) in [7, 11) is -3.59. The molecule has 35 heavy (non-hydrogen) atoms. The first-order valence-corrected chi connectivity index (χ1v) is 13.2. The molecule has 184 valence electrons. The molecule has 0 aliphatic carbocycles. The molecule has 2 N–H and O–H groups in total. The lowest BCUT2D eigenvalue weighted by Gasteiger charge is -2.23. The third-order valence-corrected chi connectivity index (χ3v) is 8.17. The van der Waals surface area contributed by atoms with Crippen LogP contribution >= 0.6 is 11.6 Å². The maximum atomic E-state index is 13.0. The van der Waals surface area contributed by atoms with E-state index in [1.54, 1.807) is 24.4 Å². The summed E-state index contributed by atoms with van der Waals surface area (Å²) in [5.41, 5.74) is 3.55. The average molecular weight is 514 g/mol. The monoisotopic (exact) mass is 513 g/mol. The fourth-order valence-corrected chi connectivity index (χ4v) is 5.47. The number of carbonyl (C=O) groups excluding carboxylic acids is 1. The lowest BCUT2D eigenvalue weighted by Crippen LogP contribution is -2.35. The molecule has 1 fully saturated rings. The fraction of sp³-hybridized carbons (Fsp3) is 0.280. The van der Waals surface area contributed by atoms with Gasteiger partial charge in [-0.2, -0.15) is 4.31 Å². The molecule has 0 radical (unpaired) electrons. The van der Waals surface area contributed by atoms with Gasteiger partial charge in [0.1, 0.15) is 5.82 Å². The van der Waals surface area contributed by atoms with E-state index in [-0.39, 0.29) is 10.9 Å². The van der Waals surface area contributed by atoms with E-state index in [1.165, 1.54) is 16.4 Å². The van der Waals surface area contributed by atoms with Gasteiger partial charge in [0.15, 0.2) is 0 Å². The van der Waals surface area contributed by atoms with Crippen LogP contribution in [0.5, 0.6) is 0 Å². The van der Waals surface area contributed by atoms with Gasteiger partial charge in [-0.1, -0.05) is 17.7 Å². The summed E-state index contributed by atoms with van der Waals surface area (Å²) >= 11 is 5.90. The molecule has 2 amide bonds. The van der Waals surface area contributed by atoms with Crippen LogP contribution in [0.3, 0.4) is 0 Å². The van der Waals surface area contributed by atoms with Crippen molar-refractivity contribution < 1.29 is 13.2 Å². The Morgan fingerprint density at radius 1 is 0.886 bits per heavy atom. The molecule has 4 rings (SSSR count). The van der Waals surface area contributed by atoms with Crippen LogP contribution in [0.1, 0.15) is 17.5 Å². The van der Waals surface area contributed by atoms with Crippen molar-refractivity contribution >= 4 is 44.8 Å². The third kappa shape index (κ3) is 6.11. The van der Waals surface area contributed by atoms with Gasteiger partial charge < -0.3 is 15.5 Å². The molecule has 0 atom stereocenters. The molecule has 1 aromatic heterocycles. The molecule has 0 bridgehead atoms. The quantitative estimate of drug-likeness (QED) is 0.506. The minimum Gasteiger partial charge on any atom is -0.355 e. The number of rotatable bonds is 5. The summed E-state index contributed by atoms with van der Waals surface area (Å²) in [6.07, 6.45) is 2.27. The molecule has 8 nitrogen and oxygen atoms in total. The van der Waals surface area contributed by atoms with Crippen molar-refractivity contribution in [2.24, 2.45) is 0 Å². The number of pyridine rings is 1. The fourth-order valence-electron chi connectivity index (χ4n) is 3.88. The molecule has 3 aromatic rings. The number of nitrogens with one attached hydrogen (secondary N) is 2. The molecular formula is C25H28ClN5O3S. The first kappa shape index (κ1) is 25.0. The Balaban J connectivity index is 1.35. The van der Waals surface area contributed by atoms with E-state index >= 15 is 0 Å². The Morgan fingerprint density at radius 3 is 2.29 bits per heavy atom. The van der Waals surface area contributed by atoms with Crippen molar-refractivity contribution in [3.05, 3.63) is 76.9 Å². The van der Waals surface area contributed by atoms with Gasteiger partial charge >= 0.3 is 6.03 Å². The lowest BCUT2D eigenvalue weighted by atomic mass is 10.1. The number of hydrogen-bond donors (Lipinski definition) is 2. The van der Waals surface area contributed by atoms with Gasteiger partial charge in [-0.3, -0.25) is 0 Å². The van der Waals surface area contributed by atoms with Crippen LogP contribution in [0.25, 0.3) is 0 Å². The Morgan fingerprint density at radius 2 is 1.60 bits per heavy atom. The summed E-state index contributed by atoms with van der Waals surface area (Å²) in [4.78, 5) is 19.1. The van der Waals surface area contributed by atoms with Gasteiger partial charge in [-0.05, 0) is 79.9 Å². The van der Waals surface area contributed by atoms with E-state index in [1.807, 2.05) is 38.1 Å². The number of sulfonamides is 1. The van der Waals surface area contributed by atoms with Crippen molar-refractivity contribution in [1.29, 1.82) is 0 Å². The molecule has 2 heterocycles. The first-order chi connectivity index (χ1) is 16.7. The lowest BCUT2D eigenvalue weighted by molar-refractivity contribution is 0.262. The molecule has 0 unspecified atom stereocenters. The molecule has 1 aliphatic rings. The number of urea groups is 1. The van der Waals surface area contributed by atoms with Gasteiger partial charge in [0.25, 0.3) is 0 Å². The van der Waals surface area contributed by atoms with Crippen molar-refractivity contribution in [3.63, 3.8) is 0 Å². The number of aromatic nitrogens is 1. The van der Waals surface area contributed by atoms with Crippen LogP contribution in [-0.4, -0.2) is 49.9 Å². The highest BCUT2D eigenvalue weighted by molar-refractivity contribution is 7.89. The molecular weight excluding hydrogens is 486 g/mol. The van der Waals surface area contributed by atoms with Crippen molar-refractivity contribution in [2.75, 3.05) is 41.7 Å². The number of hydrogen-bond acceptors (Lipinski definition) is 5. The summed E-state index contributed by atoms with van der Waals surface area (Å²) in [6, 6.07) is 15.2. The van der Waals surface area contributed by atoms with Crippen LogP contribution in [0.2, 0.25) is 5.02 Å². The van der Waals surface area contributed by atoms with Gasteiger partial charge in [-0.25, -0.2) is 18.2 Å². The highest BCUT2D eigenvalue weighted by atomic mass is 35.5. The number of nitrogens with zero attached hydrogens (tertiary/aromatic N) is 3. The van der Waals surface area contributed by atoms with Gasteiger partial charge in [0.2, 0.25) is 10.0 Å². The van der Waals surface area contributed by atoms with Crippen molar-refractivity contribution in [3.8, 4) is 0 Å². The van der Waals surface area contributed by atoms with E-state index in [4.69, 9.17) is 11.6 Å². The van der Waals surface area contributed by atoms with Crippen molar-refractivity contribution in [1.82, 2.24) is 9.29 Å². The van der Waals surface area contributed by atoms with Crippen molar-refractivity contribution in [2.45, 2.75) is 25.2 Å². The number of carbonyl (C=O) groups is 1. The van der Waals surface area contributed by atoms with E-state index in [9.17, 15) is 13.2 Å². The number of halogens is 1. The second-order valence-electron chi connectivity index (χ2n) is 8.48. The van der Waals surface area contributed by atoms with E-state index < -0.39 is 10.0 Å². The normalized spacial score (nSPS) is 14.9. The van der Waals surface area contributed by atoms with Crippen LogP contribution in [0, 0.1) is 13.8 Å². The van der Waals surface area contributed by atoms with E-state index in [0.29, 0.717) is 43.3 Å². The number of anilines is 3. The van der Waals surface area contributed by atoms with E-state index in [0.717, 1.165) is 22.6 Å². The SMILES string of the molecule is Cc1ccc(NC(=O)Nc2ccc(N3CCCN(S(=O)(=O)c4ccc(Cl)cc4)CC3)nc2)cc1C. The summed E-state index contributed by atoms with van der Waals surface area (Å²) in [5.74, 6) is 0.732. The summed E-state index contributed by atoms with van der Waals surface area (Å²) < 4.78 is 27.5. The average Bonchev–Trinajstić information content (AvgIpc) is 3.09. The maximum Gasteiger partial charge on any atom is 0.323 e. The van der Waals surface area contributed by atoms with Crippen LogP contribution in [0.4, 0.5) is 22.0 Å². The van der Waals surface area contributed by atoms with Crippen LogP contribution < -0.4 is 15.5 Å². The highest BCUT2D eigenvalue weighted by Gasteiger charge is 2.27. The van der Waals surface area contributed by atoms with Crippen LogP contribution in [-0.2, 0) is 10.0 Å². The minimum atomic E-state index is -3.59. The smallest absolute Gasteiger partial charge is 0.323 e. The number of aryl methyl sites for hydroxylation is 2. The first-order valence-electron chi connectivity index (χ1n) is 11.3. The second kappa shape index (κ2) is 10.6. The molecule has 1 saturated heterocycles. The largest absolute Gasteiger partial charge is 0.355 e. The van der Waals surface area contributed by atoms with Gasteiger partial charge in [-0.15, -0.1) is 0 Å². The Kier molecular flexibility index (Phi) is 7.59. The third-order valence-electron chi connectivity index (χ3n) is 6.00. The van der Waals surface area contributed by atoms with E-state index in [2.05, 4.69) is 20.5 Å². The zero-order valence-electron chi connectivity index (χ0n) is 19.7. The zero-order chi connectivity index (χ0) is 25.0. The minimum absolute atomic E-state index is 0.239. The Hall–Kier alpha value is -3.14. The highest BCUT2D eigenvalue weighted by Crippen LogP contribution is 2.22. The predicted molar refractivity (Wildman–Crippen MR) is 140 cm³/mol. The predicted octanol–water partition coefficient (Wildman–Crippen LogP) is 4.90. The van der Waals surface area contributed by atoms with Gasteiger partial charge in [0.05, 0.1) is 16.8 Å². The number of benzene rings is 2. The Bertz CT molecular complexity index is 1300. The summed E-state index contributed by atoms with van der Waals surface area (Å²) in [6.45, 7) is 5.99. The molecule has 2 aromatic carbocycles. The second-order valence-corrected chi connectivity index (χ2v) is 10.9. The topological polar surface area (TPSA) is 94.6 Å². The molecule has 0 spiro atoms. The molecule has 0 saturated carbocycles. The summed E-state index contributed by atoms with van der Waals surface area (Å²) in [5, 5.41) is 6.11. The number of amides is 2. The van der Waals surface area contributed by atoms with Gasteiger partial charge in [0, 0.05) is 36.9 Å². The molecule has 1 aliphatic heterocycles. The zero-order valence-corrected chi connectivity index (χ0v) is 21.2. The maximum absolute atomic E-state index is 13.0. The van der Waals surface area contributed by atoms with Crippen LogP contribution in [0.15, 0.2) is 65.7 Å². The molecule has 10 heteroatoms. The Labute approximate surface area is 211 Å². The standard InChI is InChI=1S/C25H28ClN5O3S/c1-18-4-7-21(16-19(18)2)28-25(32)29-22-8-11-24(27-17-22)30-12-3-13-31(15-14-30)35(33,34)23-9-5-20(26)6-10-23/h4-11,16-17H,3,12-15H2,1-2H3,(H2,28,29,32).